The van der Waals surface area contributed by atoms with E-state index < -0.39 is 5.82 Å². The van der Waals surface area contributed by atoms with Crippen molar-refractivity contribution in [3.63, 3.8) is 0 Å². The molecule has 0 amide bonds. The Hall–Kier alpha value is -1.67. The van der Waals surface area contributed by atoms with Gasteiger partial charge in [0.15, 0.2) is 11.6 Å². The number of rotatable bonds is 3. The van der Waals surface area contributed by atoms with Crippen molar-refractivity contribution in [2.45, 2.75) is 25.2 Å². The minimum Gasteiger partial charge on any atom is -0.288 e. The fourth-order valence-electron chi connectivity index (χ4n) is 2.48. The Morgan fingerprint density at radius 2 is 1.80 bits per heavy atom. The van der Waals surface area contributed by atoms with Crippen LogP contribution < -0.4 is 0 Å². The lowest BCUT2D eigenvalue weighted by Gasteiger charge is -2.25. The highest BCUT2D eigenvalue weighted by atomic mass is 35.5. The second-order valence-electron chi connectivity index (χ2n) is 5.18. The van der Waals surface area contributed by atoms with Crippen molar-refractivity contribution in [1.82, 2.24) is 0 Å². The smallest absolute Gasteiger partial charge is 0.196 e. The predicted molar refractivity (Wildman–Crippen MR) is 77.9 cm³/mol. The number of halogens is 2. The van der Waals surface area contributed by atoms with Crippen molar-refractivity contribution in [3.8, 4) is 0 Å². The van der Waals surface area contributed by atoms with Gasteiger partial charge in [-0.15, -0.1) is 0 Å². The molecule has 0 unspecified atom stereocenters. The van der Waals surface area contributed by atoms with Gasteiger partial charge >= 0.3 is 0 Å². The zero-order valence-electron chi connectivity index (χ0n) is 10.9. The molecule has 2 aromatic rings. The summed E-state index contributed by atoms with van der Waals surface area (Å²) in [5.74, 6) is -0.352. The van der Waals surface area contributed by atoms with Gasteiger partial charge in [0.05, 0.1) is 10.6 Å². The van der Waals surface area contributed by atoms with Gasteiger partial charge in [-0.25, -0.2) is 4.39 Å². The van der Waals surface area contributed by atoms with E-state index in [0.29, 0.717) is 11.5 Å². The summed E-state index contributed by atoms with van der Waals surface area (Å²) in [5.41, 5.74) is 1.78. The topological polar surface area (TPSA) is 17.1 Å². The van der Waals surface area contributed by atoms with Crippen molar-refractivity contribution in [2.75, 3.05) is 0 Å². The van der Waals surface area contributed by atoms with Crippen LogP contribution in [0.3, 0.4) is 0 Å². The summed E-state index contributed by atoms with van der Waals surface area (Å²) in [6.07, 6.45) is 3.71. The summed E-state index contributed by atoms with van der Waals surface area (Å²) in [6.45, 7) is 0. The van der Waals surface area contributed by atoms with Crippen molar-refractivity contribution < 1.29 is 9.18 Å². The summed E-state index contributed by atoms with van der Waals surface area (Å²) in [7, 11) is 0. The molecule has 0 aromatic heterocycles. The summed E-state index contributed by atoms with van der Waals surface area (Å²) in [5, 5.41) is -0.0260. The molecule has 3 rings (SSSR count). The van der Waals surface area contributed by atoms with Gasteiger partial charge in [-0.2, -0.15) is 0 Å². The number of carbonyl (C=O) groups excluding carboxylic acids is 1. The molecule has 3 heteroatoms. The van der Waals surface area contributed by atoms with Crippen LogP contribution in [0.15, 0.2) is 42.5 Å². The van der Waals surface area contributed by atoms with E-state index in [1.807, 2.05) is 12.1 Å². The van der Waals surface area contributed by atoms with Crippen LogP contribution in [0.5, 0.6) is 0 Å². The Balaban J connectivity index is 1.88. The number of hydrogen-bond acceptors (Lipinski definition) is 1. The van der Waals surface area contributed by atoms with Crippen LogP contribution in [0.4, 0.5) is 4.39 Å². The third kappa shape index (κ3) is 2.36. The Morgan fingerprint density at radius 1 is 1.10 bits per heavy atom. The monoisotopic (exact) mass is 288 g/mol. The van der Waals surface area contributed by atoms with Crippen LogP contribution in [0.25, 0.3) is 0 Å². The van der Waals surface area contributed by atoms with E-state index in [0.717, 1.165) is 0 Å². The van der Waals surface area contributed by atoms with E-state index in [1.54, 1.807) is 18.2 Å². The predicted octanol–water partition coefficient (Wildman–Crippen LogP) is 4.98. The Kier molecular flexibility index (Phi) is 3.58. The SMILES string of the molecule is O=C(c1ccc(C2CCC2)cc1)c1cccc(Cl)c1F. The fourth-order valence-corrected chi connectivity index (χ4v) is 2.66. The van der Waals surface area contributed by atoms with E-state index in [-0.39, 0.29) is 16.4 Å². The van der Waals surface area contributed by atoms with Gasteiger partial charge in [-0.1, -0.05) is 48.4 Å². The quantitative estimate of drug-likeness (QED) is 0.728. The van der Waals surface area contributed by atoms with Crippen molar-refractivity contribution in [1.29, 1.82) is 0 Å². The van der Waals surface area contributed by atoms with Crippen LogP contribution >= 0.6 is 11.6 Å². The Morgan fingerprint density at radius 3 is 2.40 bits per heavy atom. The van der Waals surface area contributed by atoms with Crippen molar-refractivity contribution >= 4 is 17.4 Å². The number of ketones is 1. The van der Waals surface area contributed by atoms with E-state index >= 15 is 0 Å². The molecule has 0 radical (unpaired) electrons. The molecular weight excluding hydrogens is 275 g/mol. The van der Waals surface area contributed by atoms with E-state index in [1.165, 1.54) is 37.0 Å². The summed E-state index contributed by atoms with van der Waals surface area (Å²) >= 11 is 5.71. The molecule has 0 bridgehead atoms. The fraction of sp³-hybridized carbons (Fsp3) is 0.235. The van der Waals surface area contributed by atoms with E-state index in [9.17, 15) is 9.18 Å². The lowest BCUT2D eigenvalue weighted by atomic mass is 9.80. The van der Waals surface area contributed by atoms with Crippen LogP contribution in [-0.4, -0.2) is 5.78 Å². The molecule has 1 fully saturated rings. The molecule has 0 atom stereocenters. The highest BCUT2D eigenvalue weighted by Gasteiger charge is 2.20. The van der Waals surface area contributed by atoms with Crippen LogP contribution in [0.2, 0.25) is 5.02 Å². The van der Waals surface area contributed by atoms with Crippen LogP contribution in [-0.2, 0) is 0 Å². The average Bonchev–Trinajstić information content (AvgIpc) is 2.40. The lowest BCUT2D eigenvalue weighted by Crippen LogP contribution is -2.09. The normalized spacial score (nSPS) is 14.9. The molecule has 1 aliphatic rings. The van der Waals surface area contributed by atoms with Crippen molar-refractivity contribution in [2.24, 2.45) is 0 Å². The first-order valence-electron chi connectivity index (χ1n) is 6.75. The molecular formula is C17H14ClFO. The molecule has 0 spiro atoms. The first kappa shape index (κ1) is 13.3. The maximum atomic E-state index is 13.9. The minimum absolute atomic E-state index is 0.0221. The zero-order chi connectivity index (χ0) is 14.1. The summed E-state index contributed by atoms with van der Waals surface area (Å²) in [6, 6.07) is 12.0. The second-order valence-corrected chi connectivity index (χ2v) is 5.59. The van der Waals surface area contributed by atoms with Crippen LogP contribution in [0, 0.1) is 5.82 Å². The first-order chi connectivity index (χ1) is 9.66. The Labute approximate surface area is 122 Å². The highest BCUT2D eigenvalue weighted by Crippen LogP contribution is 2.36. The molecule has 1 saturated carbocycles. The van der Waals surface area contributed by atoms with Gasteiger partial charge < -0.3 is 0 Å². The Bertz CT molecular complexity index is 645. The largest absolute Gasteiger partial charge is 0.288 e. The maximum Gasteiger partial charge on any atom is 0.196 e. The number of benzene rings is 2. The molecule has 0 saturated heterocycles. The van der Waals surface area contributed by atoms with Gasteiger partial charge in [0, 0.05) is 5.56 Å². The molecule has 0 aliphatic heterocycles. The molecule has 2 aromatic carbocycles. The first-order valence-corrected chi connectivity index (χ1v) is 7.13. The van der Waals surface area contributed by atoms with Gasteiger partial charge in [-0.3, -0.25) is 4.79 Å². The average molecular weight is 289 g/mol. The molecule has 20 heavy (non-hydrogen) atoms. The van der Waals surface area contributed by atoms with Gasteiger partial charge in [0.25, 0.3) is 0 Å². The third-order valence-electron chi connectivity index (χ3n) is 3.95. The number of hydrogen-bond donors (Lipinski definition) is 0. The van der Waals surface area contributed by atoms with Gasteiger partial charge in [-0.05, 0) is 36.5 Å². The molecule has 1 nitrogen and oxygen atoms in total. The second kappa shape index (κ2) is 5.37. The third-order valence-corrected chi connectivity index (χ3v) is 4.24. The van der Waals surface area contributed by atoms with E-state index in [4.69, 9.17) is 11.6 Å². The standard InChI is InChI=1S/C17H14ClFO/c18-15-6-2-5-14(16(15)19)17(20)13-9-7-12(8-10-13)11-3-1-4-11/h2,5-11H,1,3-4H2. The van der Waals surface area contributed by atoms with Gasteiger partial charge in [0.2, 0.25) is 0 Å². The molecule has 1 aliphatic carbocycles. The summed E-state index contributed by atoms with van der Waals surface area (Å²) in [4.78, 5) is 12.3. The molecule has 0 heterocycles. The molecule has 102 valence electrons. The lowest BCUT2D eigenvalue weighted by molar-refractivity contribution is 0.103. The zero-order valence-corrected chi connectivity index (χ0v) is 11.7. The maximum absolute atomic E-state index is 13.9. The highest BCUT2D eigenvalue weighted by molar-refractivity contribution is 6.31. The van der Waals surface area contributed by atoms with E-state index in [2.05, 4.69) is 0 Å². The van der Waals surface area contributed by atoms with Crippen molar-refractivity contribution in [3.05, 3.63) is 70.0 Å². The summed E-state index contributed by atoms with van der Waals surface area (Å²) < 4.78 is 13.9. The number of carbonyl (C=O) groups is 1. The van der Waals surface area contributed by atoms with Crippen LogP contribution in [0.1, 0.15) is 46.7 Å². The molecule has 0 N–H and O–H groups in total. The van der Waals surface area contributed by atoms with Gasteiger partial charge in [0.1, 0.15) is 0 Å². The minimum atomic E-state index is -0.651.